The molecule has 2 aromatic carbocycles. The minimum absolute atomic E-state index is 0.213. The number of carbonyl (C=O) groups is 1. The number of methoxy groups -OCH3 is 1. The highest BCUT2D eigenvalue weighted by atomic mass is 16.5. The van der Waals surface area contributed by atoms with Crippen LogP contribution in [0.4, 0.5) is 0 Å². The molecule has 0 radical (unpaired) electrons. The Hall–Kier alpha value is -2.33. The summed E-state index contributed by atoms with van der Waals surface area (Å²) in [5.74, 6) is 1.10. The molecule has 1 saturated heterocycles. The topological polar surface area (TPSA) is 32.8 Å². The summed E-state index contributed by atoms with van der Waals surface area (Å²) in [5, 5.41) is 0. The Morgan fingerprint density at radius 1 is 1.12 bits per heavy atom. The lowest BCUT2D eigenvalue weighted by Gasteiger charge is -2.40. The van der Waals surface area contributed by atoms with Gasteiger partial charge in [-0.25, -0.2) is 0 Å². The minimum atomic E-state index is 0.213. The number of carbonyl (C=O) groups excluding carboxylic acids is 1. The van der Waals surface area contributed by atoms with Crippen molar-refractivity contribution in [3.05, 3.63) is 65.7 Å². The summed E-state index contributed by atoms with van der Waals surface area (Å²) in [7, 11) is 3.80. The first-order chi connectivity index (χ1) is 12.2. The Balaban J connectivity index is 1.64. The first-order valence-electron chi connectivity index (χ1n) is 8.83. The van der Waals surface area contributed by atoms with Crippen LogP contribution in [0.2, 0.25) is 0 Å². The fourth-order valence-corrected chi connectivity index (χ4v) is 3.36. The summed E-state index contributed by atoms with van der Waals surface area (Å²) in [4.78, 5) is 17.0. The molecule has 0 bridgehead atoms. The van der Waals surface area contributed by atoms with E-state index < -0.39 is 0 Å². The molecule has 1 aliphatic heterocycles. The van der Waals surface area contributed by atoms with E-state index in [0.29, 0.717) is 6.42 Å². The van der Waals surface area contributed by atoms with Crippen LogP contribution >= 0.6 is 0 Å². The second-order valence-electron chi connectivity index (χ2n) is 6.60. The summed E-state index contributed by atoms with van der Waals surface area (Å²) in [6.07, 6.45) is 1.37. The number of hydrogen-bond acceptors (Lipinski definition) is 3. The Kier molecular flexibility index (Phi) is 5.71. The Labute approximate surface area is 150 Å². The fraction of sp³-hybridized carbons (Fsp3) is 0.381. The van der Waals surface area contributed by atoms with Crippen molar-refractivity contribution in [1.29, 1.82) is 0 Å². The van der Waals surface area contributed by atoms with E-state index in [1.807, 2.05) is 35.2 Å². The van der Waals surface area contributed by atoms with E-state index in [0.717, 1.165) is 31.8 Å². The van der Waals surface area contributed by atoms with Crippen LogP contribution in [-0.4, -0.2) is 49.5 Å². The zero-order chi connectivity index (χ0) is 17.6. The number of hydrogen-bond donors (Lipinski definition) is 0. The van der Waals surface area contributed by atoms with E-state index in [1.54, 1.807) is 7.11 Å². The van der Waals surface area contributed by atoms with Gasteiger partial charge in [-0.2, -0.15) is 0 Å². The zero-order valence-electron chi connectivity index (χ0n) is 15.0. The van der Waals surface area contributed by atoms with E-state index in [2.05, 4.69) is 36.2 Å². The van der Waals surface area contributed by atoms with Crippen molar-refractivity contribution in [2.75, 3.05) is 33.8 Å². The van der Waals surface area contributed by atoms with Gasteiger partial charge in [-0.05, 0) is 36.7 Å². The molecule has 25 heavy (non-hydrogen) atoms. The molecule has 3 rings (SSSR count). The van der Waals surface area contributed by atoms with E-state index in [4.69, 9.17) is 4.74 Å². The molecule has 0 aromatic heterocycles. The van der Waals surface area contributed by atoms with Gasteiger partial charge in [-0.15, -0.1) is 0 Å². The number of likely N-dealkylation sites (N-methyl/N-ethyl adjacent to an activating group) is 1. The van der Waals surface area contributed by atoms with Crippen molar-refractivity contribution in [2.45, 2.75) is 18.9 Å². The average molecular weight is 338 g/mol. The Morgan fingerprint density at radius 3 is 2.68 bits per heavy atom. The van der Waals surface area contributed by atoms with Crippen molar-refractivity contribution in [3.8, 4) is 5.75 Å². The van der Waals surface area contributed by atoms with Crippen molar-refractivity contribution in [3.63, 3.8) is 0 Å². The molecule has 1 aliphatic rings. The number of benzene rings is 2. The first kappa shape index (κ1) is 17.5. The highest BCUT2D eigenvalue weighted by molar-refractivity contribution is 5.76. The number of aryl methyl sites for hydroxylation is 1. The summed E-state index contributed by atoms with van der Waals surface area (Å²) >= 11 is 0. The fourth-order valence-electron chi connectivity index (χ4n) is 3.36. The van der Waals surface area contributed by atoms with Gasteiger partial charge in [0.2, 0.25) is 5.91 Å². The van der Waals surface area contributed by atoms with Crippen molar-refractivity contribution < 1.29 is 9.53 Å². The van der Waals surface area contributed by atoms with Gasteiger partial charge in [0.05, 0.1) is 13.2 Å². The second kappa shape index (κ2) is 8.17. The lowest BCUT2D eigenvalue weighted by molar-refractivity contribution is -0.134. The molecular weight excluding hydrogens is 312 g/mol. The van der Waals surface area contributed by atoms with E-state index in [9.17, 15) is 4.79 Å². The van der Waals surface area contributed by atoms with Crippen molar-refractivity contribution >= 4 is 5.91 Å². The maximum atomic E-state index is 12.7. The molecule has 132 valence electrons. The monoisotopic (exact) mass is 338 g/mol. The molecule has 1 unspecified atom stereocenters. The summed E-state index contributed by atoms with van der Waals surface area (Å²) in [6, 6.07) is 18.6. The third-order valence-corrected chi connectivity index (χ3v) is 4.95. The molecule has 0 aliphatic carbocycles. The molecule has 2 aromatic rings. The largest absolute Gasteiger partial charge is 0.497 e. The summed E-state index contributed by atoms with van der Waals surface area (Å²) < 4.78 is 5.34. The third-order valence-electron chi connectivity index (χ3n) is 4.95. The number of amides is 1. The van der Waals surface area contributed by atoms with Crippen LogP contribution in [0.25, 0.3) is 0 Å². The lowest BCUT2D eigenvalue weighted by atomic mass is 10.0. The van der Waals surface area contributed by atoms with Gasteiger partial charge >= 0.3 is 0 Å². The molecule has 1 amide bonds. The van der Waals surface area contributed by atoms with Gasteiger partial charge in [-0.3, -0.25) is 9.69 Å². The summed E-state index contributed by atoms with van der Waals surface area (Å²) in [6.45, 7) is 2.42. The van der Waals surface area contributed by atoms with Crippen molar-refractivity contribution in [2.24, 2.45) is 0 Å². The van der Waals surface area contributed by atoms with Gasteiger partial charge in [-0.1, -0.05) is 42.5 Å². The van der Waals surface area contributed by atoms with Crippen LogP contribution in [0.3, 0.4) is 0 Å². The Bertz CT molecular complexity index is 702. The molecular formula is C21H26N2O2. The van der Waals surface area contributed by atoms with Gasteiger partial charge in [0, 0.05) is 26.1 Å². The van der Waals surface area contributed by atoms with Gasteiger partial charge < -0.3 is 9.64 Å². The third kappa shape index (κ3) is 4.40. The van der Waals surface area contributed by atoms with Crippen LogP contribution in [0.5, 0.6) is 5.75 Å². The number of nitrogens with zero attached hydrogens (tertiary/aromatic N) is 2. The molecule has 1 heterocycles. The SMILES string of the molecule is COc1cccc(C2CN(C(=O)CCc3ccccc3)CCN2C)c1. The average Bonchev–Trinajstić information content (AvgIpc) is 2.67. The zero-order valence-corrected chi connectivity index (χ0v) is 15.0. The van der Waals surface area contributed by atoms with Gasteiger partial charge in [0.25, 0.3) is 0 Å². The number of rotatable bonds is 5. The quantitative estimate of drug-likeness (QED) is 0.840. The van der Waals surface area contributed by atoms with Crippen LogP contribution in [0, 0.1) is 0 Å². The molecule has 4 nitrogen and oxygen atoms in total. The van der Waals surface area contributed by atoms with E-state index >= 15 is 0 Å². The van der Waals surface area contributed by atoms with Crippen LogP contribution in [0.15, 0.2) is 54.6 Å². The van der Waals surface area contributed by atoms with Gasteiger partial charge in [0.15, 0.2) is 0 Å². The van der Waals surface area contributed by atoms with E-state index in [1.165, 1.54) is 11.1 Å². The van der Waals surface area contributed by atoms with E-state index in [-0.39, 0.29) is 11.9 Å². The smallest absolute Gasteiger partial charge is 0.223 e. The van der Waals surface area contributed by atoms with Crippen LogP contribution in [-0.2, 0) is 11.2 Å². The second-order valence-corrected chi connectivity index (χ2v) is 6.60. The predicted molar refractivity (Wildman–Crippen MR) is 99.7 cm³/mol. The molecule has 0 saturated carbocycles. The molecule has 1 fully saturated rings. The highest BCUT2D eigenvalue weighted by Crippen LogP contribution is 2.27. The predicted octanol–water partition coefficient (Wildman–Crippen LogP) is 3.14. The van der Waals surface area contributed by atoms with Crippen LogP contribution in [0.1, 0.15) is 23.6 Å². The highest BCUT2D eigenvalue weighted by Gasteiger charge is 2.28. The molecule has 0 N–H and O–H groups in total. The molecule has 0 spiro atoms. The normalized spacial score (nSPS) is 18.2. The number of piperazine rings is 1. The number of ether oxygens (including phenoxy) is 1. The van der Waals surface area contributed by atoms with Gasteiger partial charge in [0.1, 0.15) is 5.75 Å². The van der Waals surface area contributed by atoms with Crippen molar-refractivity contribution in [1.82, 2.24) is 9.80 Å². The summed E-state index contributed by atoms with van der Waals surface area (Å²) in [5.41, 5.74) is 2.41. The Morgan fingerprint density at radius 2 is 1.92 bits per heavy atom. The maximum absolute atomic E-state index is 12.7. The minimum Gasteiger partial charge on any atom is -0.497 e. The standard InChI is InChI=1S/C21H26N2O2/c1-22-13-14-23(21(24)12-11-17-7-4-3-5-8-17)16-20(22)18-9-6-10-19(15-18)25-2/h3-10,15,20H,11-14,16H2,1-2H3. The maximum Gasteiger partial charge on any atom is 0.223 e. The van der Waals surface area contributed by atoms with Crippen LogP contribution < -0.4 is 4.74 Å². The molecule has 4 heteroatoms. The lowest BCUT2D eigenvalue weighted by Crippen LogP contribution is -2.49. The first-order valence-corrected chi connectivity index (χ1v) is 8.83. The molecule has 1 atom stereocenters.